The zero-order valence-electron chi connectivity index (χ0n) is 10.2. The molecule has 0 aliphatic heterocycles. The Bertz CT molecular complexity index is 545. The SMILES string of the molecule is Nc1ncc(I)c(NCCCc2[c]cc(F)cc2)n1. The van der Waals surface area contributed by atoms with Crippen LogP contribution in [0.25, 0.3) is 0 Å². The zero-order chi connectivity index (χ0) is 13.7. The molecule has 99 valence electrons. The van der Waals surface area contributed by atoms with Crippen molar-refractivity contribution in [3.63, 3.8) is 0 Å². The number of benzene rings is 1. The van der Waals surface area contributed by atoms with Gasteiger partial charge in [-0.15, -0.1) is 0 Å². The molecule has 2 rings (SSSR count). The van der Waals surface area contributed by atoms with E-state index in [4.69, 9.17) is 5.73 Å². The van der Waals surface area contributed by atoms with Gasteiger partial charge < -0.3 is 11.1 Å². The van der Waals surface area contributed by atoms with Gasteiger partial charge in [0.05, 0.1) is 3.57 Å². The Labute approximate surface area is 124 Å². The van der Waals surface area contributed by atoms with Gasteiger partial charge >= 0.3 is 0 Å². The summed E-state index contributed by atoms with van der Waals surface area (Å²) in [4.78, 5) is 8.02. The van der Waals surface area contributed by atoms with Gasteiger partial charge in [-0.05, 0) is 59.2 Å². The molecule has 2 aromatic rings. The Morgan fingerprint density at radius 2 is 2.26 bits per heavy atom. The van der Waals surface area contributed by atoms with Gasteiger partial charge in [0.1, 0.15) is 11.6 Å². The Kier molecular flexibility index (Phi) is 4.89. The first-order valence-electron chi connectivity index (χ1n) is 5.83. The number of halogens is 2. The van der Waals surface area contributed by atoms with Crippen LogP contribution in [0.15, 0.2) is 24.4 Å². The lowest BCUT2D eigenvalue weighted by Gasteiger charge is -2.07. The van der Waals surface area contributed by atoms with E-state index in [1.54, 1.807) is 12.3 Å². The summed E-state index contributed by atoms with van der Waals surface area (Å²) in [6, 6.07) is 7.47. The van der Waals surface area contributed by atoms with E-state index in [-0.39, 0.29) is 11.8 Å². The number of nitrogens with zero attached hydrogens (tertiary/aromatic N) is 2. The van der Waals surface area contributed by atoms with Crippen molar-refractivity contribution >= 4 is 34.4 Å². The quantitative estimate of drug-likeness (QED) is 0.627. The first kappa shape index (κ1) is 14.0. The van der Waals surface area contributed by atoms with Gasteiger partial charge in [0.2, 0.25) is 5.95 Å². The molecule has 1 aromatic carbocycles. The summed E-state index contributed by atoms with van der Waals surface area (Å²) in [5.74, 6) is 0.749. The molecule has 1 heterocycles. The summed E-state index contributed by atoms with van der Waals surface area (Å²) in [5, 5.41) is 3.21. The van der Waals surface area contributed by atoms with E-state index >= 15 is 0 Å². The first-order chi connectivity index (χ1) is 9.15. The van der Waals surface area contributed by atoms with E-state index in [0.717, 1.165) is 34.3 Å². The molecule has 0 aliphatic rings. The molecule has 0 amide bonds. The van der Waals surface area contributed by atoms with Crippen molar-refractivity contribution in [2.75, 3.05) is 17.6 Å². The number of nitrogens with two attached hydrogens (primary N) is 1. The Hall–Kier alpha value is -1.44. The molecule has 4 nitrogen and oxygen atoms in total. The van der Waals surface area contributed by atoms with Gasteiger partial charge in [-0.3, -0.25) is 0 Å². The van der Waals surface area contributed by atoms with Gasteiger partial charge in [0, 0.05) is 12.7 Å². The van der Waals surface area contributed by atoms with E-state index in [9.17, 15) is 4.39 Å². The Morgan fingerprint density at radius 1 is 1.42 bits per heavy atom. The summed E-state index contributed by atoms with van der Waals surface area (Å²) in [6.07, 6.45) is 3.42. The number of aryl methyl sites for hydroxylation is 1. The molecule has 19 heavy (non-hydrogen) atoms. The fraction of sp³-hybridized carbons (Fsp3) is 0.231. The Balaban J connectivity index is 1.80. The molecule has 0 atom stereocenters. The monoisotopic (exact) mass is 371 g/mol. The highest BCUT2D eigenvalue weighted by Gasteiger charge is 2.02. The largest absolute Gasteiger partial charge is 0.369 e. The van der Waals surface area contributed by atoms with Gasteiger partial charge in [0.15, 0.2) is 0 Å². The molecule has 0 bridgehead atoms. The van der Waals surface area contributed by atoms with Crippen molar-refractivity contribution in [2.45, 2.75) is 12.8 Å². The fourth-order valence-corrected chi connectivity index (χ4v) is 2.03. The molecule has 0 fully saturated rings. The highest BCUT2D eigenvalue weighted by Crippen LogP contribution is 2.15. The lowest BCUT2D eigenvalue weighted by atomic mass is 10.1. The average molecular weight is 371 g/mol. The summed E-state index contributed by atoms with van der Waals surface area (Å²) in [7, 11) is 0. The van der Waals surface area contributed by atoms with Crippen LogP contribution in [0.1, 0.15) is 12.0 Å². The van der Waals surface area contributed by atoms with Crippen LogP contribution >= 0.6 is 22.6 Å². The topological polar surface area (TPSA) is 63.8 Å². The van der Waals surface area contributed by atoms with Crippen molar-refractivity contribution in [1.29, 1.82) is 0 Å². The van der Waals surface area contributed by atoms with E-state index in [1.807, 2.05) is 0 Å². The Morgan fingerprint density at radius 3 is 3.00 bits per heavy atom. The summed E-state index contributed by atoms with van der Waals surface area (Å²) < 4.78 is 13.6. The number of hydrogen-bond acceptors (Lipinski definition) is 4. The molecule has 0 saturated carbocycles. The smallest absolute Gasteiger partial charge is 0.221 e. The molecule has 1 aromatic heterocycles. The van der Waals surface area contributed by atoms with Crippen molar-refractivity contribution < 1.29 is 4.39 Å². The van der Waals surface area contributed by atoms with Crippen molar-refractivity contribution in [1.82, 2.24) is 9.97 Å². The predicted octanol–water partition coefficient (Wildman–Crippen LogP) is 2.65. The summed E-state index contributed by atoms with van der Waals surface area (Å²) in [6.45, 7) is 0.762. The summed E-state index contributed by atoms with van der Waals surface area (Å²) >= 11 is 2.15. The molecule has 0 spiro atoms. The number of aromatic nitrogens is 2. The van der Waals surface area contributed by atoms with Crippen LogP contribution < -0.4 is 11.1 Å². The maximum atomic E-state index is 12.7. The van der Waals surface area contributed by atoms with Crippen LogP contribution in [0.3, 0.4) is 0 Å². The van der Waals surface area contributed by atoms with Crippen molar-refractivity contribution in [3.8, 4) is 0 Å². The van der Waals surface area contributed by atoms with E-state index in [1.165, 1.54) is 12.1 Å². The minimum atomic E-state index is -0.257. The first-order valence-corrected chi connectivity index (χ1v) is 6.91. The maximum absolute atomic E-state index is 12.7. The highest BCUT2D eigenvalue weighted by atomic mass is 127. The van der Waals surface area contributed by atoms with Gasteiger partial charge in [-0.25, -0.2) is 9.37 Å². The lowest BCUT2D eigenvalue weighted by Crippen LogP contribution is -2.08. The molecule has 3 N–H and O–H groups in total. The van der Waals surface area contributed by atoms with Crippen LogP contribution in [0.4, 0.5) is 16.2 Å². The van der Waals surface area contributed by atoms with E-state index in [2.05, 4.69) is 43.9 Å². The van der Waals surface area contributed by atoms with E-state index in [0.29, 0.717) is 0 Å². The molecule has 1 radical (unpaired) electrons. The average Bonchev–Trinajstić information content (AvgIpc) is 2.40. The maximum Gasteiger partial charge on any atom is 0.221 e. The summed E-state index contributed by atoms with van der Waals surface area (Å²) in [5.41, 5.74) is 6.53. The normalized spacial score (nSPS) is 10.4. The number of nitrogen functional groups attached to an aromatic ring is 1. The van der Waals surface area contributed by atoms with Crippen LogP contribution in [0, 0.1) is 15.5 Å². The number of anilines is 2. The van der Waals surface area contributed by atoms with Gasteiger partial charge in [0.25, 0.3) is 0 Å². The third kappa shape index (κ3) is 4.30. The molecule has 0 aliphatic carbocycles. The lowest BCUT2D eigenvalue weighted by molar-refractivity contribution is 0.626. The predicted molar refractivity (Wildman–Crippen MR) is 81.2 cm³/mol. The number of rotatable bonds is 5. The third-order valence-electron chi connectivity index (χ3n) is 2.52. The van der Waals surface area contributed by atoms with Gasteiger partial charge in [-0.2, -0.15) is 4.98 Å². The van der Waals surface area contributed by atoms with Crippen LogP contribution in [0.5, 0.6) is 0 Å². The third-order valence-corrected chi connectivity index (χ3v) is 3.31. The van der Waals surface area contributed by atoms with E-state index < -0.39 is 0 Å². The highest BCUT2D eigenvalue weighted by molar-refractivity contribution is 14.1. The number of hydrogen-bond donors (Lipinski definition) is 2. The molecule has 0 saturated heterocycles. The zero-order valence-corrected chi connectivity index (χ0v) is 12.3. The van der Waals surface area contributed by atoms with Crippen LogP contribution in [-0.4, -0.2) is 16.5 Å². The van der Waals surface area contributed by atoms with Crippen molar-refractivity contribution in [3.05, 3.63) is 45.4 Å². The second-order valence-electron chi connectivity index (χ2n) is 3.99. The number of nitrogens with one attached hydrogen (secondary N) is 1. The standard InChI is InChI=1S/C13H13FIN4/c14-10-5-3-9(4-6-10)2-1-7-17-12-11(15)8-18-13(16)19-12/h3,5-6,8H,1-2,7H2,(H3,16,17,18,19). The molecule has 6 heteroatoms. The van der Waals surface area contributed by atoms with Crippen LogP contribution in [-0.2, 0) is 6.42 Å². The van der Waals surface area contributed by atoms with Gasteiger partial charge in [-0.1, -0.05) is 6.07 Å². The molecular formula is C13H13FIN4. The minimum Gasteiger partial charge on any atom is -0.369 e. The second-order valence-corrected chi connectivity index (χ2v) is 5.15. The molecule has 0 unspecified atom stereocenters. The minimum absolute atomic E-state index is 0.257. The molecular weight excluding hydrogens is 358 g/mol. The second kappa shape index (κ2) is 6.65. The van der Waals surface area contributed by atoms with Crippen molar-refractivity contribution in [2.24, 2.45) is 0 Å². The van der Waals surface area contributed by atoms with Crippen LogP contribution in [0.2, 0.25) is 0 Å². The fourth-order valence-electron chi connectivity index (χ4n) is 1.58.